The van der Waals surface area contributed by atoms with Crippen LogP contribution >= 0.6 is 0 Å². The van der Waals surface area contributed by atoms with E-state index in [4.69, 9.17) is 9.47 Å². The van der Waals surface area contributed by atoms with Crippen LogP contribution in [0.15, 0.2) is 23.1 Å². The second-order valence-corrected chi connectivity index (χ2v) is 7.31. The zero-order valence-electron chi connectivity index (χ0n) is 12.8. The van der Waals surface area contributed by atoms with Crippen molar-refractivity contribution in [2.45, 2.75) is 37.6 Å². The summed E-state index contributed by atoms with van der Waals surface area (Å²) in [6, 6.07) is 4.37. The van der Waals surface area contributed by atoms with Gasteiger partial charge in [0.2, 0.25) is 5.91 Å². The first-order valence-corrected chi connectivity index (χ1v) is 8.99. The Morgan fingerprint density at radius 2 is 1.95 bits per heavy atom. The summed E-state index contributed by atoms with van der Waals surface area (Å²) in [4.78, 5) is 11.9. The maximum atomic E-state index is 12.3. The van der Waals surface area contributed by atoms with Crippen LogP contribution < -0.4 is 14.8 Å². The number of sulfone groups is 1. The van der Waals surface area contributed by atoms with Crippen LogP contribution in [0, 0.1) is 0 Å². The van der Waals surface area contributed by atoms with Crippen LogP contribution in [0.2, 0.25) is 0 Å². The van der Waals surface area contributed by atoms with Crippen molar-refractivity contribution in [1.82, 2.24) is 5.32 Å². The molecular weight excluding hydrogens is 306 g/mol. The predicted molar refractivity (Wildman–Crippen MR) is 82.0 cm³/mol. The topological polar surface area (TPSA) is 81.7 Å². The molecule has 1 aromatic carbocycles. The van der Waals surface area contributed by atoms with E-state index in [0.717, 1.165) is 12.8 Å². The van der Waals surface area contributed by atoms with Gasteiger partial charge in [0.05, 0.1) is 4.90 Å². The predicted octanol–water partition coefficient (Wildman–Crippen LogP) is 1.54. The van der Waals surface area contributed by atoms with Gasteiger partial charge in [0.25, 0.3) is 0 Å². The largest absolute Gasteiger partial charge is 0.486 e. The molecule has 7 heteroatoms. The molecule has 0 saturated heterocycles. The Hall–Kier alpha value is -1.76. The lowest BCUT2D eigenvalue weighted by molar-refractivity contribution is -0.119. The van der Waals surface area contributed by atoms with Gasteiger partial charge in [-0.25, -0.2) is 8.42 Å². The Bertz CT molecular complexity index is 641. The maximum Gasteiger partial charge on any atom is 0.235 e. The lowest BCUT2D eigenvalue weighted by Gasteiger charge is -2.19. The molecule has 1 aliphatic heterocycles. The molecule has 1 N–H and O–H groups in total. The summed E-state index contributed by atoms with van der Waals surface area (Å²) in [6.45, 7) is 4.69. The average molecular weight is 327 g/mol. The summed E-state index contributed by atoms with van der Waals surface area (Å²) < 4.78 is 35.3. The molecule has 0 spiro atoms. The van der Waals surface area contributed by atoms with Gasteiger partial charge >= 0.3 is 0 Å². The van der Waals surface area contributed by atoms with Crippen LogP contribution in [0.3, 0.4) is 0 Å². The van der Waals surface area contributed by atoms with Crippen LogP contribution in [0.25, 0.3) is 0 Å². The number of fused-ring (bicyclic) bond motifs is 1. The third-order valence-corrected chi connectivity index (χ3v) is 4.94. The van der Waals surface area contributed by atoms with E-state index in [9.17, 15) is 13.2 Å². The zero-order chi connectivity index (χ0) is 16.2. The van der Waals surface area contributed by atoms with Crippen molar-refractivity contribution in [3.63, 3.8) is 0 Å². The summed E-state index contributed by atoms with van der Waals surface area (Å²) in [5, 5.41) is 2.69. The van der Waals surface area contributed by atoms with Crippen LogP contribution in [0.5, 0.6) is 11.5 Å². The number of hydrogen-bond donors (Lipinski definition) is 1. The molecule has 0 radical (unpaired) electrons. The normalized spacial score (nSPS) is 15.2. The highest BCUT2D eigenvalue weighted by molar-refractivity contribution is 7.92. The Kier molecular flexibility index (Phi) is 5.28. The van der Waals surface area contributed by atoms with Crippen LogP contribution in [0.4, 0.5) is 0 Å². The van der Waals surface area contributed by atoms with E-state index in [0.29, 0.717) is 24.7 Å². The fraction of sp³-hybridized carbons (Fsp3) is 0.533. The second kappa shape index (κ2) is 7.00. The van der Waals surface area contributed by atoms with Gasteiger partial charge in [0, 0.05) is 12.1 Å². The minimum atomic E-state index is -3.70. The lowest BCUT2D eigenvalue weighted by Crippen LogP contribution is -2.36. The first-order chi connectivity index (χ1) is 10.4. The highest BCUT2D eigenvalue weighted by Gasteiger charge is 2.23. The molecule has 0 aromatic heterocycles. The van der Waals surface area contributed by atoms with Crippen molar-refractivity contribution in [3.8, 4) is 11.5 Å². The van der Waals surface area contributed by atoms with E-state index in [2.05, 4.69) is 5.32 Å². The van der Waals surface area contributed by atoms with Gasteiger partial charge in [0.1, 0.15) is 19.0 Å². The summed E-state index contributed by atoms with van der Waals surface area (Å²) in [5.41, 5.74) is 0. The molecule has 2 rings (SSSR count). The van der Waals surface area contributed by atoms with Crippen molar-refractivity contribution in [2.24, 2.45) is 0 Å². The van der Waals surface area contributed by atoms with E-state index in [1.54, 1.807) is 6.07 Å². The number of hydrogen-bond acceptors (Lipinski definition) is 5. The summed E-state index contributed by atoms with van der Waals surface area (Å²) in [6.07, 6.45) is 1.74. The molecule has 6 nitrogen and oxygen atoms in total. The highest BCUT2D eigenvalue weighted by atomic mass is 32.2. The molecule has 122 valence electrons. The molecule has 1 heterocycles. The molecule has 0 unspecified atom stereocenters. The quantitative estimate of drug-likeness (QED) is 0.857. The van der Waals surface area contributed by atoms with Crippen molar-refractivity contribution in [2.75, 3.05) is 19.0 Å². The third-order valence-electron chi connectivity index (χ3n) is 3.32. The first kappa shape index (κ1) is 16.6. The number of carbonyl (C=O) groups is 1. The van der Waals surface area contributed by atoms with Gasteiger partial charge < -0.3 is 14.8 Å². The molecule has 1 atom stereocenters. The number of ether oxygens (including phenoxy) is 2. The Balaban J connectivity index is 2.08. The van der Waals surface area contributed by atoms with Gasteiger partial charge in [-0.2, -0.15) is 0 Å². The Morgan fingerprint density at radius 3 is 2.64 bits per heavy atom. The van der Waals surface area contributed by atoms with Gasteiger partial charge in [-0.15, -0.1) is 0 Å². The molecule has 1 aliphatic rings. The van der Waals surface area contributed by atoms with E-state index < -0.39 is 21.5 Å². The molecule has 0 fully saturated rings. The SMILES string of the molecule is CCC[C@@H](C)NC(=O)CS(=O)(=O)c1ccc2c(c1)OCCO2. The summed E-state index contributed by atoms with van der Waals surface area (Å²) in [5.74, 6) is -0.144. The molecule has 0 bridgehead atoms. The molecule has 0 saturated carbocycles. The van der Waals surface area contributed by atoms with Crippen molar-refractivity contribution in [3.05, 3.63) is 18.2 Å². The smallest absolute Gasteiger partial charge is 0.235 e. The Labute approximate surface area is 130 Å². The number of rotatable bonds is 6. The fourth-order valence-electron chi connectivity index (χ4n) is 2.29. The number of carbonyl (C=O) groups excluding carboxylic acids is 1. The molecular formula is C15H21NO5S. The van der Waals surface area contributed by atoms with Gasteiger partial charge in [-0.05, 0) is 25.5 Å². The summed E-state index contributed by atoms with van der Waals surface area (Å²) >= 11 is 0. The number of benzene rings is 1. The standard InChI is InChI=1S/C15H21NO5S/c1-3-4-11(2)16-15(17)10-22(18,19)12-5-6-13-14(9-12)21-8-7-20-13/h5-6,9,11H,3-4,7-8,10H2,1-2H3,(H,16,17)/t11-/m1/s1. The van der Waals surface area contributed by atoms with Crippen molar-refractivity contribution < 1.29 is 22.7 Å². The van der Waals surface area contributed by atoms with Gasteiger partial charge in [-0.3, -0.25) is 4.79 Å². The lowest BCUT2D eigenvalue weighted by atomic mass is 10.2. The fourth-order valence-corrected chi connectivity index (χ4v) is 3.45. The van der Waals surface area contributed by atoms with Crippen molar-refractivity contribution >= 4 is 15.7 Å². The van der Waals surface area contributed by atoms with Crippen LogP contribution in [-0.2, 0) is 14.6 Å². The van der Waals surface area contributed by atoms with E-state index in [1.165, 1.54) is 12.1 Å². The Morgan fingerprint density at radius 1 is 1.27 bits per heavy atom. The highest BCUT2D eigenvalue weighted by Crippen LogP contribution is 2.32. The zero-order valence-corrected chi connectivity index (χ0v) is 13.6. The van der Waals surface area contributed by atoms with E-state index >= 15 is 0 Å². The maximum absolute atomic E-state index is 12.3. The van der Waals surface area contributed by atoms with Crippen LogP contribution in [-0.4, -0.2) is 39.3 Å². The minimum absolute atomic E-state index is 0.0343. The average Bonchev–Trinajstić information content (AvgIpc) is 2.46. The molecule has 22 heavy (non-hydrogen) atoms. The van der Waals surface area contributed by atoms with Gasteiger partial charge in [-0.1, -0.05) is 13.3 Å². The van der Waals surface area contributed by atoms with Gasteiger partial charge in [0.15, 0.2) is 21.3 Å². The van der Waals surface area contributed by atoms with E-state index in [-0.39, 0.29) is 10.9 Å². The summed E-state index contributed by atoms with van der Waals surface area (Å²) in [7, 11) is -3.70. The number of amides is 1. The third kappa shape index (κ3) is 4.13. The number of nitrogens with one attached hydrogen (secondary N) is 1. The van der Waals surface area contributed by atoms with Crippen molar-refractivity contribution in [1.29, 1.82) is 0 Å². The molecule has 0 aliphatic carbocycles. The van der Waals surface area contributed by atoms with Crippen LogP contribution in [0.1, 0.15) is 26.7 Å². The molecule has 1 amide bonds. The second-order valence-electron chi connectivity index (χ2n) is 5.32. The van der Waals surface area contributed by atoms with E-state index in [1.807, 2.05) is 13.8 Å². The first-order valence-electron chi connectivity index (χ1n) is 7.34. The monoisotopic (exact) mass is 327 g/mol. The molecule has 1 aromatic rings. The minimum Gasteiger partial charge on any atom is -0.486 e.